The Kier molecular flexibility index (Phi) is 4.90. The van der Waals surface area contributed by atoms with Crippen molar-refractivity contribution in [3.8, 4) is 0 Å². The van der Waals surface area contributed by atoms with E-state index in [1.165, 1.54) is 25.7 Å². The van der Waals surface area contributed by atoms with Gasteiger partial charge >= 0.3 is 6.03 Å². The van der Waals surface area contributed by atoms with Gasteiger partial charge in [0.15, 0.2) is 0 Å². The van der Waals surface area contributed by atoms with E-state index >= 15 is 0 Å². The van der Waals surface area contributed by atoms with Gasteiger partial charge in [0.2, 0.25) is 11.8 Å². The molecule has 26 heavy (non-hydrogen) atoms. The predicted molar refractivity (Wildman–Crippen MR) is 97.9 cm³/mol. The molecule has 144 valence electrons. The van der Waals surface area contributed by atoms with Crippen LogP contribution in [0.1, 0.15) is 57.2 Å². The highest BCUT2D eigenvalue weighted by Gasteiger charge is 2.55. The van der Waals surface area contributed by atoms with Crippen molar-refractivity contribution in [1.29, 1.82) is 0 Å². The van der Waals surface area contributed by atoms with Crippen LogP contribution in [0.15, 0.2) is 4.42 Å². The summed E-state index contributed by atoms with van der Waals surface area (Å²) in [6.45, 7) is 8.24. The van der Waals surface area contributed by atoms with Crippen LogP contribution in [0.4, 0.5) is 4.79 Å². The number of carbonyl (C=O) groups excluding carboxylic acids is 1. The van der Waals surface area contributed by atoms with Crippen molar-refractivity contribution in [2.75, 3.05) is 32.7 Å². The molecule has 1 aromatic rings. The third-order valence-electron chi connectivity index (χ3n) is 6.60. The molecule has 3 fully saturated rings. The fourth-order valence-electron chi connectivity index (χ4n) is 5.14. The van der Waals surface area contributed by atoms with Crippen LogP contribution in [0.25, 0.3) is 0 Å². The quantitative estimate of drug-likeness (QED) is 0.891. The molecule has 1 saturated carbocycles. The van der Waals surface area contributed by atoms with Gasteiger partial charge in [-0.25, -0.2) is 4.79 Å². The molecule has 1 aliphatic carbocycles. The van der Waals surface area contributed by atoms with Crippen LogP contribution in [0.3, 0.4) is 0 Å². The summed E-state index contributed by atoms with van der Waals surface area (Å²) in [7, 11) is 0. The average Bonchev–Trinajstić information content (AvgIpc) is 3.37. The van der Waals surface area contributed by atoms with Gasteiger partial charge in [-0.2, -0.15) is 0 Å². The first kappa shape index (κ1) is 17.8. The second-order valence-corrected chi connectivity index (χ2v) is 8.27. The first-order valence-electron chi connectivity index (χ1n) is 10.2. The van der Waals surface area contributed by atoms with E-state index in [2.05, 4.69) is 27.3 Å². The Bertz CT molecular complexity index is 642. The lowest BCUT2D eigenvalue weighted by molar-refractivity contribution is 0.116. The molecule has 7 nitrogen and oxygen atoms in total. The van der Waals surface area contributed by atoms with Gasteiger partial charge in [0.05, 0.1) is 5.41 Å². The zero-order valence-corrected chi connectivity index (χ0v) is 16.0. The summed E-state index contributed by atoms with van der Waals surface area (Å²) >= 11 is 0. The molecule has 2 amide bonds. The molecule has 0 aromatic carbocycles. The Morgan fingerprint density at radius 3 is 2.81 bits per heavy atom. The van der Waals surface area contributed by atoms with Crippen molar-refractivity contribution in [3.05, 3.63) is 11.8 Å². The molecule has 0 bridgehead atoms. The molecule has 0 unspecified atom stereocenters. The minimum Gasteiger partial charge on any atom is -0.425 e. The van der Waals surface area contributed by atoms with Gasteiger partial charge in [0, 0.05) is 51.6 Å². The molecule has 1 N–H and O–H groups in total. The molecule has 0 radical (unpaired) electrons. The van der Waals surface area contributed by atoms with Gasteiger partial charge in [-0.05, 0) is 25.7 Å². The molecule has 0 spiro atoms. The van der Waals surface area contributed by atoms with Crippen LogP contribution < -0.4 is 5.32 Å². The van der Waals surface area contributed by atoms with Gasteiger partial charge in [-0.15, -0.1) is 10.2 Å². The summed E-state index contributed by atoms with van der Waals surface area (Å²) in [5.74, 6) is 1.79. The zero-order valence-electron chi connectivity index (χ0n) is 16.0. The van der Waals surface area contributed by atoms with Crippen LogP contribution in [0.2, 0.25) is 0 Å². The average molecular weight is 361 g/mol. The maximum absolute atomic E-state index is 12.5. The highest BCUT2D eigenvalue weighted by molar-refractivity contribution is 5.74. The molecule has 7 heteroatoms. The van der Waals surface area contributed by atoms with Crippen LogP contribution in [-0.4, -0.2) is 64.8 Å². The number of fused-ring (bicyclic) bond motifs is 1. The normalized spacial score (nSPS) is 29.9. The molecular weight excluding hydrogens is 330 g/mol. The van der Waals surface area contributed by atoms with E-state index < -0.39 is 0 Å². The van der Waals surface area contributed by atoms with Crippen molar-refractivity contribution in [3.63, 3.8) is 0 Å². The van der Waals surface area contributed by atoms with Crippen LogP contribution in [0, 0.1) is 12.8 Å². The number of hydrogen-bond donors (Lipinski definition) is 1. The van der Waals surface area contributed by atoms with E-state index in [4.69, 9.17) is 4.42 Å². The maximum Gasteiger partial charge on any atom is 0.317 e. The van der Waals surface area contributed by atoms with E-state index in [1.54, 1.807) is 0 Å². The van der Waals surface area contributed by atoms with Gasteiger partial charge in [-0.1, -0.05) is 19.8 Å². The number of piperidine rings is 1. The van der Waals surface area contributed by atoms with E-state index in [9.17, 15) is 4.79 Å². The van der Waals surface area contributed by atoms with Crippen molar-refractivity contribution >= 4 is 6.03 Å². The molecule has 1 aromatic heterocycles. The number of aromatic nitrogens is 2. The number of nitrogens with one attached hydrogen (secondary N) is 1. The number of aryl methyl sites for hydroxylation is 1. The summed E-state index contributed by atoms with van der Waals surface area (Å²) < 4.78 is 5.93. The zero-order chi connectivity index (χ0) is 18.1. The second kappa shape index (κ2) is 7.18. The maximum atomic E-state index is 12.5. The monoisotopic (exact) mass is 361 g/mol. The highest BCUT2D eigenvalue weighted by atomic mass is 16.4. The Hall–Kier alpha value is -1.63. The number of likely N-dealkylation sites (tertiary alicyclic amines) is 2. The van der Waals surface area contributed by atoms with Gasteiger partial charge in [0.25, 0.3) is 0 Å². The Morgan fingerprint density at radius 1 is 1.31 bits per heavy atom. The largest absolute Gasteiger partial charge is 0.425 e. The Labute approximate surface area is 155 Å². The first-order valence-corrected chi connectivity index (χ1v) is 10.2. The molecule has 3 heterocycles. The van der Waals surface area contributed by atoms with E-state index in [0.717, 1.165) is 51.5 Å². The smallest absolute Gasteiger partial charge is 0.317 e. The summed E-state index contributed by atoms with van der Waals surface area (Å²) in [5, 5.41) is 11.6. The predicted octanol–water partition coefficient (Wildman–Crippen LogP) is 2.32. The van der Waals surface area contributed by atoms with Gasteiger partial charge in [-0.3, -0.25) is 4.90 Å². The molecule has 2 aliphatic heterocycles. The second-order valence-electron chi connectivity index (χ2n) is 8.27. The number of carbonyl (C=O) groups is 1. The summed E-state index contributed by atoms with van der Waals surface area (Å²) in [4.78, 5) is 17.1. The Morgan fingerprint density at radius 2 is 2.12 bits per heavy atom. The first-order chi connectivity index (χ1) is 12.6. The molecular formula is C19H31N5O2. The van der Waals surface area contributed by atoms with Gasteiger partial charge < -0.3 is 14.6 Å². The van der Waals surface area contributed by atoms with E-state index in [1.807, 2.05) is 11.8 Å². The molecule has 2 saturated heterocycles. The number of urea groups is 1. The summed E-state index contributed by atoms with van der Waals surface area (Å²) in [6.07, 6.45) is 7.14. The lowest BCUT2D eigenvalue weighted by Crippen LogP contribution is -2.53. The van der Waals surface area contributed by atoms with E-state index in [0.29, 0.717) is 17.9 Å². The lowest BCUT2D eigenvalue weighted by atomic mass is 9.72. The molecule has 4 rings (SSSR count). The summed E-state index contributed by atoms with van der Waals surface area (Å²) in [5.41, 5.74) is -0.0919. The fourth-order valence-corrected chi connectivity index (χ4v) is 5.14. The third-order valence-corrected chi connectivity index (χ3v) is 6.60. The third kappa shape index (κ3) is 3.10. The highest BCUT2D eigenvalue weighted by Crippen LogP contribution is 2.46. The van der Waals surface area contributed by atoms with Crippen molar-refractivity contribution in [1.82, 2.24) is 25.3 Å². The Balaban J connectivity index is 1.55. The van der Waals surface area contributed by atoms with Crippen LogP contribution in [-0.2, 0) is 5.41 Å². The van der Waals surface area contributed by atoms with E-state index in [-0.39, 0.29) is 11.4 Å². The number of rotatable bonds is 4. The molecule has 3 aliphatic rings. The van der Waals surface area contributed by atoms with Crippen molar-refractivity contribution < 1.29 is 9.21 Å². The number of nitrogens with zero attached hydrogens (tertiary/aromatic N) is 4. The van der Waals surface area contributed by atoms with Gasteiger partial charge in [0.1, 0.15) is 0 Å². The number of amides is 2. The standard InChI is InChI=1S/C19H31N5O2/c1-3-9-20-18(25)23-10-8-19(17-22-21-14(2)26-17)13-24(12-15(19)11-23)16-6-4-5-7-16/h15-16H,3-13H2,1-2H3,(H,20,25)/t15-,19-/m0/s1. The topological polar surface area (TPSA) is 74.5 Å². The van der Waals surface area contributed by atoms with Crippen LogP contribution >= 0.6 is 0 Å². The lowest BCUT2D eigenvalue weighted by Gasteiger charge is -2.41. The fraction of sp³-hybridized carbons (Fsp3) is 0.842. The van der Waals surface area contributed by atoms with Crippen molar-refractivity contribution in [2.45, 2.75) is 63.8 Å². The molecule has 2 atom stereocenters. The summed E-state index contributed by atoms with van der Waals surface area (Å²) in [6, 6.07) is 0.755. The minimum absolute atomic E-state index is 0.0708. The SMILES string of the molecule is CCCNC(=O)N1CC[C@]2(c3nnc(C)o3)CN(C3CCCC3)C[C@@H]2C1. The van der Waals surface area contributed by atoms with Crippen molar-refractivity contribution in [2.24, 2.45) is 5.92 Å². The van der Waals surface area contributed by atoms with Crippen LogP contribution in [0.5, 0.6) is 0 Å². The number of hydrogen-bond acceptors (Lipinski definition) is 5. The minimum atomic E-state index is -0.0919.